The highest BCUT2D eigenvalue weighted by Gasteiger charge is 2.53. The average molecular weight is 608 g/mol. The van der Waals surface area contributed by atoms with Gasteiger partial charge in [0.15, 0.2) is 0 Å². The van der Waals surface area contributed by atoms with E-state index in [4.69, 9.17) is 48.1 Å². The van der Waals surface area contributed by atoms with Crippen LogP contribution in [-0.4, -0.2) is 68.7 Å². The van der Waals surface area contributed by atoms with Gasteiger partial charge in [-0.1, -0.05) is 42.8 Å². The Morgan fingerprint density at radius 2 is 1.93 bits per heavy atom. The molecule has 9 nitrogen and oxygen atoms in total. The lowest BCUT2D eigenvalue weighted by Crippen LogP contribution is -2.64. The zero-order valence-corrected chi connectivity index (χ0v) is 26.3. The van der Waals surface area contributed by atoms with Crippen LogP contribution in [0, 0.1) is 5.41 Å². The Balaban J connectivity index is 1.12. The Bertz CT molecular complexity index is 1330. The van der Waals surface area contributed by atoms with Crippen LogP contribution in [0.15, 0.2) is 24.4 Å². The summed E-state index contributed by atoms with van der Waals surface area (Å²) >= 11 is 13.0. The lowest BCUT2D eigenvalue weighted by Gasteiger charge is -2.59. The van der Waals surface area contributed by atoms with E-state index >= 15 is 0 Å². The summed E-state index contributed by atoms with van der Waals surface area (Å²) < 4.78 is 19.2. The molecule has 1 aliphatic carbocycles. The van der Waals surface area contributed by atoms with Gasteiger partial charge in [0.25, 0.3) is 0 Å². The van der Waals surface area contributed by atoms with Gasteiger partial charge >= 0.3 is 0 Å². The first-order valence-electron chi connectivity index (χ1n) is 13.9. The van der Waals surface area contributed by atoms with Crippen molar-refractivity contribution in [2.24, 2.45) is 5.41 Å². The minimum atomic E-state index is -1.16. The van der Waals surface area contributed by atoms with Gasteiger partial charge in [-0.25, -0.2) is 4.98 Å². The highest BCUT2D eigenvalue weighted by molar-refractivity contribution is 6.76. The van der Waals surface area contributed by atoms with Crippen molar-refractivity contribution in [3.05, 3.63) is 34.6 Å². The SMILES string of the molecule is COC1CC2(C1)CN(c1ccc(N)c(OCCCNc3cc(Cl)nc4c3c(Cl)cn4COCC[Si](C)(C)C)n1)C2. The zero-order chi connectivity index (χ0) is 28.5. The molecule has 3 N–H and O–H groups in total. The second-order valence-electron chi connectivity index (χ2n) is 12.3. The van der Waals surface area contributed by atoms with E-state index < -0.39 is 8.07 Å². The molecule has 3 aromatic heterocycles. The van der Waals surface area contributed by atoms with Crippen LogP contribution in [0.1, 0.15) is 19.3 Å². The predicted molar refractivity (Wildman–Crippen MR) is 166 cm³/mol. The van der Waals surface area contributed by atoms with Gasteiger partial charge < -0.3 is 34.7 Å². The number of nitrogens with zero attached hydrogens (tertiary/aromatic N) is 4. The molecule has 2 aliphatic rings. The van der Waals surface area contributed by atoms with Gasteiger partial charge in [-0.2, -0.15) is 4.98 Å². The van der Waals surface area contributed by atoms with E-state index in [9.17, 15) is 0 Å². The minimum absolute atomic E-state index is 0.383. The summed E-state index contributed by atoms with van der Waals surface area (Å²) in [4.78, 5) is 11.5. The van der Waals surface area contributed by atoms with Crippen LogP contribution < -0.4 is 20.7 Å². The van der Waals surface area contributed by atoms with Gasteiger partial charge in [-0.15, -0.1) is 0 Å². The van der Waals surface area contributed by atoms with Gasteiger partial charge in [0.05, 0.1) is 28.8 Å². The molecule has 0 unspecified atom stereocenters. The number of aromatic nitrogens is 3. The fourth-order valence-corrected chi connectivity index (χ4v) is 6.69. The van der Waals surface area contributed by atoms with E-state index in [1.54, 1.807) is 13.2 Å². The van der Waals surface area contributed by atoms with Crippen LogP contribution in [0.25, 0.3) is 11.0 Å². The van der Waals surface area contributed by atoms with E-state index in [2.05, 4.69) is 34.8 Å². The fraction of sp³-hybridized carbons (Fsp3) is 0.571. The first-order valence-corrected chi connectivity index (χ1v) is 18.4. The molecule has 2 fully saturated rings. The fourth-order valence-electron chi connectivity index (χ4n) is 5.44. The third-order valence-corrected chi connectivity index (χ3v) is 9.94. The minimum Gasteiger partial charge on any atom is -0.476 e. The number of fused-ring (bicyclic) bond motifs is 1. The number of nitrogens with two attached hydrogens (primary N) is 1. The largest absolute Gasteiger partial charge is 0.476 e. The van der Waals surface area contributed by atoms with Crippen molar-refractivity contribution >= 4 is 59.5 Å². The summed E-state index contributed by atoms with van der Waals surface area (Å²) in [7, 11) is 0.634. The molecule has 1 aliphatic heterocycles. The molecule has 0 atom stereocenters. The van der Waals surface area contributed by atoms with Crippen molar-refractivity contribution in [2.75, 3.05) is 55.9 Å². The number of halogens is 2. The van der Waals surface area contributed by atoms with Gasteiger partial charge in [0.1, 0.15) is 23.3 Å². The lowest BCUT2D eigenvalue weighted by atomic mass is 9.62. The third kappa shape index (κ3) is 6.62. The van der Waals surface area contributed by atoms with Crippen molar-refractivity contribution in [3.63, 3.8) is 0 Å². The van der Waals surface area contributed by atoms with Crippen LogP contribution in [0.4, 0.5) is 17.2 Å². The summed E-state index contributed by atoms with van der Waals surface area (Å²) in [6.45, 7) is 11.2. The average Bonchev–Trinajstić information content (AvgIpc) is 3.16. The van der Waals surface area contributed by atoms with Crippen LogP contribution in [-0.2, 0) is 16.2 Å². The number of pyridine rings is 2. The number of nitrogens with one attached hydrogen (secondary N) is 1. The molecule has 0 radical (unpaired) electrons. The maximum atomic E-state index is 6.61. The van der Waals surface area contributed by atoms with Crippen molar-refractivity contribution in [2.45, 2.75) is 57.8 Å². The quantitative estimate of drug-likeness (QED) is 0.136. The van der Waals surface area contributed by atoms with E-state index in [0.29, 0.717) is 65.4 Å². The summed E-state index contributed by atoms with van der Waals surface area (Å²) in [5.74, 6) is 1.39. The third-order valence-electron chi connectivity index (χ3n) is 7.76. The van der Waals surface area contributed by atoms with E-state index in [1.165, 1.54) is 0 Å². The number of ether oxygens (including phenoxy) is 3. The summed E-state index contributed by atoms with van der Waals surface area (Å²) in [5.41, 5.74) is 8.62. The number of methoxy groups -OCH3 is 1. The molecule has 3 aromatic rings. The Hall–Kier alpha value is -2.24. The predicted octanol–water partition coefficient (Wildman–Crippen LogP) is 6.13. The number of rotatable bonds is 13. The topological polar surface area (TPSA) is 99.7 Å². The van der Waals surface area contributed by atoms with E-state index in [0.717, 1.165) is 55.3 Å². The summed E-state index contributed by atoms with van der Waals surface area (Å²) in [6.07, 6.45) is 5.24. The van der Waals surface area contributed by atoms with Gasteiger partial charge in [0.2, 0.25) is 5.88 Å². The second kappa shape index (κ2) is 11.9. The van der Waals surface area contributed by atoms with Crippen LogP contribution in [0.2, 0.25) is 35.9 Å². The molecule has 5 rings (SSSR count). The molecule has 0 amide bonds. The van der Waals surface area contributed by atoms with Crippen molar-refractivity contribution in [3.8, 4) is 5.88 Å². The maximum Gasteiger partial charge on any atom is 0.239 e. The molecule has 40 heavy (non-hydrogen) atoms. The second-order valence-corrected chi connectivity index (χ2v) is 18.7. The van der Waals surface area contributed by atoms with Crippen LogP contribution in [0.3, 0.4) is 0 Å². The number of nitrogen functional groups attached to an aromatic ring is 1. The molecule has 1 saturated heterocycles. The Morgan fingerprint density at radius 3 is 2.65 bits per heavy atom. The van der Waals surface area contributed by atoms with Gasteiger partial charge in [0, 0.05) is 58.7 Å². The molecule has 12 heteroatoms. The normalized spacial score (nSPS) is 16.8. The lowest BCUT2D eigenvalue weighted by molar-refractivity contribution is -0.0733. The molecule has 1 saturated carbocycles. The van der Waals surface area contributed by atoms with E-state index in [1.807, 2.05) is 22.9 Å². The first kappa shape index (κ1) is 29.3. The molecule has 218 valence electrons. The highest BCUT2D eigenvalue weighted by atomic mass is 35.5. The standard InChI is InChI=1S/C28H40Cl2N6O3Si/c1-37-19-13-28(14-19)16-36(17-28)24-7-6-21(31)27(34-24)39-9-5-8-32-22-12-23(30)33-26-25(22)20(29)15-35(26)18-38-10-11-40(2,3)4/h6-7,12,15,19H,5,8-11,13-14,16-18,31H2,1-4H3,(H,32,33). The van der Waals surface area contributed by atoms with Crippen molar-refractivity contribution in [1.29, 1.82) is 0 Å². The maximum absolute atomic E-state index is 6.61. The van der Waals surface area contributed by atoms with Crippen molar-refractivity contribution in [1.82, 2.24) is 14.5 Å². The Labute approximate surface area is 247 Å². The molecule has 0 bridgehead atoms. The van der Waals surface area contributed by atoms with E-state index in [-0.39, 0.29) is 0 Å². The van der Waals surface area contributed by atoms with Gasteiger partial charge in [-0.05, 0) is 43.5 Å². The summed E-state index contributed by atoms with van der Waals surface area (Å²) in [5, 5.41) is 5.27. The van der Waals surface area contributed by atoms with Crippen molar-refractivity contribution < 1.29 is 14.2 Å². The Kier molecular flexibility index (Phi) is 8.73. The monoisotopic (exact) mass is 606 g/mol. The number of anilines is 3. The Morgan fingerprint density at radius 1 is 1.15 bits per heavy atom. The molecular weight excluding hydrogens is 567 g/mol. The first-order chi connectivity index (χ1) is 19.1. The molecule has 0 aromatic carbocycles. The number of hydrogen-bond donors (Lipinski definition) is 2. The molecule has 1 spiro atoms. The highest BCUT2D eigenvalue weighted by Crippen LogP contribution is 2.50. The van der Waals surface area contributed by atoms with Crippen LogP contribution in [0.5, 0.6) is 5.88 Å². The smallest absolute Gasteiger partial charge is 0.239 e. The molecule has 4 heterocycles. The summed E-state index contributed by atoms with van der Waals surface area (Å²) in [6, 6.07) is 6.74. The number of hydrogen-bond acceptors (Lipinski definition) is 8. The van der Waals surface area contributed by atoms with Crippen LogP contribution >= 0.6 is 23.2 Å². The zero-order valence-electron chi connectivity index (χ0n) is 23.8. The van der Waals surface area contributed by atoms with Gasteiger partial charge in [-0.3, -0.25) is 0 Å². The molecular formula is C28H40Cl2N6O3Si.